The van der Waals surface area contributed by atoms with E-state index in [-0.39, 0.29) is 5.41 Å². The first-order chi connectivity index (χ1) is 27.6. The fourth-order valence-corrected chi connectivity index (χ4v) is 10.4. The highest BCUT2D eigenvalue weighted by Crippen LogP contribution is 2.62. The van der Waals surface area contributed by atoms with Gasteiger partial charge in [0.25, 0.3) is 0 Å². The molecule has 9 rings (SSSR count). The van der Waals surface area contributed by atoms with E-state index in [4.69, 9.17) is 0 Å². The minimum Gasteiger partial charge on any atom is -0.310 e. The van der Waals surface area contributed by atoms with Crippen LogP contribution in [-0.2, 0) is 5.41 Å². The second kappa shape index (κ2) is 15.3. The van der Waals surface area contributed by atoms with Crippen molar-refractivity contribution in [2.24, 2.45) is 23.7 Å². The molecular weight excluding hydrogens is 675 g/mol. The molecule has 56 heavy (non-hydrogen) atoms. The Balaban J connectivity index is 1.13. The summed E-state index contributed by atoms with van der Waals surface area (Å²) in [5, 5.41) is 2.47. The lowest BCUT2D eigenvalue weighted by Crippen LogP contribution is -2.43. The van der Waals surface area contributed by atoms with Gasteiger partial charge >= 0.3 is 0 Å². The minimum absolute atomic E-state index is 0.0606. The molecule has 0 aromatic heterocycles. The Morgan fingerprint density at radius 1 is 0.679 bits per heavy atom. The fraction of sp³-hybridized carbons (Fsp3) is 0.200. The van der Waals surface area contributed by atoms with Crippen LogP contribution in [-0.4, -0.2) is 0 Å². The molecule has 3 aliphatic carbocycles. The maximum atomic E-state index is 2.66. The third-order valence-corrected chi connectivity index (χ3v) is 13.0. The molecule has 276 valence electrons. The molecule has 1 heteroatoms. The van der Waals surface area contributed by atoms with Crippen molar-refractivity contribution in [2.45, 2.75) is 45.4 Å². The molecule has 0 bridgehead atoms. The monoisotopic (exact) mass is 725 g/mol. The minimum atomic E-state index is -0.0606. The van der Waals surface area contributed by atoms with Gasteiger partial charge in [0, 0.05) is 34.0 Å². The van der Waals surface area contributed by atoms with Crippen molar-refractivity contribution < 1.29 is 0 Å². The Hall–Kier alpha value is -5.92. The molecular formula is C55H51N. The first kappa shape index (κ1) is 35.8. The summed E-state index contributed by atoms with van der Waals surface area (Å²) in [6.07, 6.45) is 20.4. The van der Waals surface area contributed by atoms with Crippen LogP contribution in [0.15, 0.2) is 205 Å². The zero-order valence-corrected chi connectivity index (χ0v) is 32.9. The number of benzene rings is 6. The molecule has 6 aromatic rings. The highest BCUT2D eigenvalue weighted by Gasteiger charge is 2.55. The zero-order chi connectivity index (χ0) is 38.1. The summed E-state index contributed by atoms with van der Waals surface area (Å²) in [4.78, 5) is 2.41. The third-order valence-electron chi connectivity index (χ3n) is 13.0. The Morgan fingerprint density at radius 2 is 1.32 bits per heavy atom. The molecule has 5 unspecified atom stereocenters. The largest absolute Gasteiger partial charge is 0.310 e. The molecule has 0 amide bonds. The van der Waals surface area contributed by atoms with E-state index in [1.807, 2.05) is 0 Å². The highest BCUT2D eigenvalue weighted by atomic mass is 15.1. The molecule has 0 radical (unpaired) electrons. The smallest absolute Gasteiger partial charge is 0.0540 e. The van der Waals surface area contributed by atoms with Crippen molar-refractivity contribution in [2.75, 3.05) is 4.90 Å². The van der Waals surface area contributed by atoms with Crippen LogP contribution in [0.2, 0.25) is 0 Å². The summed E-state index contributed by atoms with van der Waals surface area (Å²) in [6, 6.07) is 55.8. The van der Waals surface area contributed by atoms with Gasteiger partial charge in [-0.1, -0.05) is 182 Å². The van der Waals surface area contributed by atoms with Crippen LogP contribution in [0, 0.1) is 23.7 Å². The van der Waals surface area contributed by atoms with Crippen LogP contribution >= 0.6 is 0 Å². The molecule has 3 aliphatic rings. The SMILES string of the molecule is C/C=C\CC1=C(C)C(c2ccccc2)(C2CC=CC(C)C2)C2C=C(c3ccc(N(c4ccc(-c5ccccc5)cc4)c4cccc5ccccc45)cc3)C=CC12. The number of nitrogens with zero attached hydrogens (tertiary/aromatic N) is 1. The van der Waals surface area contributed by atoms with Crippen LogP contribution in [0.25, 0.3) is 27.5 Å². The summed E-state index contributed by atoms with van der Waals surface area (Å²) >= 11 is 0. The lowest BCUT2D eigenvalue weighted by molar-refractivity contribution is 0.209. The molecule has 5 atom stereocenters. The van der Waals surface area contributed by atoms with E-state index in [2.05, 4.69) is 220 Å². The van der Waals surface area contributed by atoms with Gasteiger partial charge in [0.2, 0.25) is 0 Å². The lowest BCUT2D eigenvalue weighted by Gasteiger charge is -2.47. The Kier molecular flexibility index (Phi) is 9.78. The van der Waals surface area contributed by atoms with Gasteiger partial charge in [0.05, 0.1) is 5.69 Å². The second-order valence-corrected chi connectivity index (χ2v) is 16.1. The summed E-state index contributed by atoms with van der Waals surface area (Å²) in [5.74, 6) is 1.85. The third kappa shape index (κ3) is 6.30. The molecule has 0 N–H and O–H groups in total. The first-order valence-corrected chi connectivity index (χ1v) is 20.5. The van der Waals surface area contributed by atoms with Crippen LogP contribution in [0.5, 0.6) is 0 Å². The van der Waals surface area contributed by atoms with Crippen molar-refractivity contribution in [1.29, 1.82) is 0 Å². The first-order valence-electron chi connectivity index (χ1n) is 20.5. The van der Waals surface area contributed by atoms with Gasteiger partial charge in [-0.05, 0) is 108 Å². The van der Waals surface area contributed by atoms with Gasteiger partial charge in [-0.2, -0.15) is 0 Å². The average molecular weight is 726 g/mol. The lowest BCUT2D eigenvalue weighted by atomic mass is 9.56. The van der Waals surface area contributed by atoms with E-state index >= 15 is 0 Å². The van der Waals surface area contributed by atoms with Gasteiger partial charge in [-0.25, -0.2) is 0 Å². The Morgan fingerprint density at radius 3 is 2.04 bits per heavy atom. The summed E-state index contributed by atoms with van der Waals surface area (Å²) < 4.78 is 0. The molecule has 0 spiro atoms. The van der Waals surface area contributed by atoms with Crippen molar-refractivity contribution in [3.63, 3.8) is 0 Å². The van der Waals surface area contributed by atoms with Crippen LogP contribution in [0.1, 0.15) is 51.2 Å². The van der Waals surface area contributed by atoms with Gasteiger partial charge in [-0.3, -0.25) is 0 Å². The predicted molar refractivity (Wildman–Crippen MR) is 239 cm³/mol. The molecule has 6 aromatic carbocycles. The molecule has 1 nitrogen and oxygen atoms in total. The fourth-order valence-electron chi connectivity index (χ4n) is 10.4. The summed E-state index contributed by atoms with van der Waals surface area (Å²) in [5.41, 5.74) is 13.1. The van der Waals surface area contributed by atoms with Gasteiger partial charge in [0.1, 0.15) is 0 Å². The number of hydrogen-bond donors (Lipinski definition) is 0. The Labute approximate surface area is 333 Å². The molecule has 0 heterocycles. The topological polar surface area (TPSA) is 3.24 Å². The molecule has 0 fully saturated rings. The summed E-state index contributed by atoms with van der Waals surface area (Å²) in [6.45, 7) is 7.02. The number of fused-ring (bicyclic) bond motifs is 2. The zero-order valence-electron chi connectivity index (χ0n) is 32.9. The number of hydrogen-bond acceptors (Lipinski definition) is 1. The van der Waals surface area contributed by atoms with E-state index in [1.54, 1.807) is 11.1 Å². The number of allylic oxidation sites excluding steroid dienone is 10. The van der Waals surface area contributed by atoms with Crippen molar-refractivity contribution in [3.8, 4) is 11.1 Å². The van der Waals surface area contributed by atoms with Crippen LogP contribution < -0.4 is 4.90 Å². The van der Waals surface area contributed by atoms with E-state index < -0.39 is 0 Å². The van der Waals surface area contributed by atoms with E-state index in [9.17, 15) is 0 Å². The number of anilines is 3. The van der Waals surface area contributed by atoms with Crippen molar-refractivity contribution in [1.82, 2.24) is 0 Å². The van der Waals surface area contributed by atoms with E-state index in [0.29, 0.717) is 23.7 Å². The quantitative estimate of drug-likeness (QED) is 0.134. The maximum Gasteiger partial charge on any atom is 0.0540 e. The van der Waals surface area contributed by atoms with Crippen molar-refractivity contribution >= 4 is 33.4 Å². The van der Waals surface area contributed by atoms with E-state index in [0.717, 1.165) is 24.2 Å². The highest BCUT2D eigenvalue weighted by molar-refractivity contribution is 5.99. The van der Waals surface area contributed by atoms with Crippen molar-refractivity contribution in [3.05, 3.63) is 216 Å². The van der Waals surface area contributed by atoms with Crippen LogP contribution in [0.3, 0.4) is 0 Å². The second-order valence-electron chi connectivity index (χ2n) is 16.1. The average Bonchev–Trinajstić information content (AvgIpc) is 3.51. The Bertz CT molecular complexity index is 2470. The van der Waals surface area contributed by atoms with Gasteiger partial charge in [0.15, 0.2) is 0 Å². The normalized spacial score (nSPS) is 23.1. The molecule has 0 saturated heterocycles. The maximum absolute atomic E-state index is 2.66. The predicted octanol–water partition coefficient (Wildman–Crippen LogP) is 15.0. The van der Waals surface area contributed by atoms with E-state index in [1.165, 1.54) is 50.7 Å². The summed E-state index contributed by atoms with van der Waals surface area (Å²) in [7, 11) is 0. The molecule has 0 aliphatic heterocycles. The standard InChI is InChI=1S/C55H51N/c1-4-5-24-50-40(3)55(46-21-10-7-11-22-46,47-23-14-16-39(2)37-47)53-38-45(31-36-52(50)53)43-29-34-49(35-30-43)56(54-26-15-20-44-19-12-13-25-51(44)54)48-32-27-42(28-33-48)41-17-8-6-9-18-41/h4-22,25-36,38-39,47,52-53H,23-24,37H2,1-3H3/b5-4-. The van der Waals surface area contributed by atoms with Gasteiger partial charge < -0.3 is 4.90 Å². The number of rotatable bonds is 9. The molecule has 0 saturated carbocycles. The van der Waals surface area contributed by atoms with Gasteiger partial charge in [-0.15, -0.1) is 0 Å². The van der Waals surface area contributed by atoms with Crippen LogP contribution in [0.4, 0.5) is 17.1 Å².